The molecule has 8 heteroatoms. The Morgan fingerprint density at radius 2 is 1.75 bits per heavy atom. The third kappa shape index (κ3) is 4.77. The van der Waals surface area contributed by atoms with E-state index in [1.165, 1.54) is 18.7 Å². The molecular weight excluding hydrogens is 374 g/mol. The summed E-state index contributed by atoms with van der Waals surface area (Å²) in [7, 11) is 1.86. The third-order valence-corrected chi connectivity index (χ3v) is 5.07. The average molecular weight is 395 g/mol. The summed E-state index contributed by atoms with van der Waals surface area (Å²) in [6, 6.07) is 15.0. The Balaban J connectivity index is 1.64. The smallest absolute Gasteiger partial charge is 0.234 e. The third-order valence-electron chi connectivity index (χ3n) is 4.05. The molecule has 0 fully saturated rings. The van der Waals surface area contributed by atoms with Crippen LogP contribution in [-0.2, 0) is 16.6 Å². The normalized spacial score (nSPS) is 10.5. The van der Waals surface area contributed by atoms with E-state index < -0.39 is 0 Å². The predicted molar refractivity (Wildman–Crippen MR) is 111 cm³/mol. The Morgan fingerprint density at radius 3 is 2.43 bits per heavy atom. The average Bonchev–Trinajstić information content (AvgIpc) is 3.03. The quantitative estimate of drug-likeness (QED) is 0.624. The maximum atomic E-state index is 12.2. The van der Waals surface area contributed by atoms with Gasteiger partial charge in [-0.3, -0.25) is 9.59 Å². The van der Waals surface area contributed by atoms with E-state index in [4.69, 9.17) is 0 Å². The molecule has 28 heavy (non-hydrogen) atoms. The summed E-state index contributed by atoms with van der Waals surface area (Å²) in [5, 5.41) is 14.7. The molecule has 1 heterocycles. The molecule has 0 atom stereocenters. The zero-order valence-electron chi connectivity index (χ0n) is 15.9. The number of anilines is 2. The lowest BCUT2D eigenvalue weighted by Gasteiger charge is -2.08. The van der Waals surface area contributed by atoms with Crippen molar-refractivity contribution in [2.75, 3.05) is 16.4 Å². The van der Waals surface area contributed by atoms with Crippen LogP contribution in [0.2, 0.25) is 0 Å². The Morgan fingerprint density at radius 1 is 1.04 bits per heavy atom. The molecule has 1 aromatic heterocycles. The fraction of sp³-hybridized carbons (Fsp3) is 0.200. The number of thioether (sulfide) groups is 1. The van der Waals surface area contributed by atoms with E-state index in [0.717, 1.165) is 22.5 Å². The maximum absolute atomic E-state index is 12.2. The van der Waals surface area contributed by atoms with Crippen molar-refractivity contribution in [1.82, 2.24) is 14.8 Å². The predicted octanol–water partition coefficient (Wildman–Crippen LogP) is 3.48. The second kappa shape index (κ2) is 8.71. The van der Waals surface area contributed by atoms with E-state index in [9.17, 15) is 9.59 Å². The number of para-hydroxylation sites is 1. The molecule has 0 saturated heterocycles. The highest BCUT2D eigenvalue weighted by Crippen LogP contribution is 2.24. The summed E-state index contributed by atoms with van der Waals surface area (Å²) in [6.07, 6.45) is 0. The second-order valence-corrected chi connectivity index (χ2v) is 7.22. The van der Waals surface area contributed by atoms with Gasteiger partial charge in [0.25, 0.3) is 0 Å². The van der Waals surface area contributed by atoms with Crippen molar-refractivity contribution < 1.29 is 9.59 Å². The molecule has 0 radical (unpaired) electrons. The highest BCUT2D eigenvalue weighted by Gasteiger charge is 2.13. The number of carbonyl (C=O) groups is 2. The standard InChI is InChI=1S/C20H21N5O2S/c1-13-6-4-5-7-17(13)22-18(27)12-28-20-24-23-19(25(20)3)15-8-10-16(11-9-15)21-14(2)26/h4-11H,12H2,1-3H3,(H,21,26)(H,22,27). The van der Waals surface area contributed by atoms with Gasteiger partial charge in [-0.25, -0.2) is 0 Å². The topological polar surface area (TPSA) is 88.9 Å². The SMILES string of the molecule is CC(=O)Nc1ccc(-c2nnc(SCC(=O)Nc3ccccc3C)n2C)cc1. The number of nitrogens with zero attached hydrogens (tertiary/aromatic N) is 3. The summed E-state index contributed by atoms with van der Waals surface area (Å²) >= 11 is 1.33. The molecule has 0 bridgehead atoms. The first-order chi connectivity index (χ1) is 13.4. The van der Waals surface area contributed by atoms with E-state index in [1.807, 2.05) is 67.1 Å². The van der Waals surface area contributed by atoms with Crippen LogP contribution in [0.1, 0.15) is 12.5 Å². The van der Waals surface area contributed by atoms with Crippen LogP contribution in [0.4, 0.5) is 11.4 Å². The van der Waals surface area contributed by atoms with Crippen LogP contribution in [0.5, 0.6) is 0 Å². The van der Waals surface area contributed by atoms with Crippen molar-refractivity contribution in [3.05, 3.63) is 54.1 Å². The number of benzene rings is 2. The highest BCUT2D eigenvalue weighted by atomic mass is 32.2. The summed E-state index contributed by atoms with van der Waals surface area (Å²) in [4.78, 5) is 23.3. The Bertz CT molecular complexity index is 998. The van der Waals surface area contributed by atoms with Crippen LogP contribution < -0.4 is 10.6 Å². The van der Waals surface area contributed by atoms with E-state index in [-0.39, 0.29) is 17.6 Å². The molecule has 2 amide bonds. The zero-order valence-corrected chi connectivity index (χ0v) is 16.7. The van der Waals surface area contributed by atoms with Gasteiger partial charge in [0.1, 0.15) is 0 Å². The summed E-state index contributed by atoms with van der Waals surface area (Å²) in [5.74, 6) is 0.718. The number of aromatic nitrogens is 3. The number of amides is 2. The fourth-order valence-corrected chi connectivity index (χ4v) is 3.34. The van der Waals surface area contributed by atoms with Crippen molar-refractivity contribution in [3.8, 4) is 11.4 Å². The van der Waals surface area contributed by atoms with Crippen molar-refractivity contribution >= 4 is 35.0 Å². The maximum Gasteiger partial charge on any atom is 0.234 e. The van der Waals surface area contributed by atoms with Crippen LogP contribution in [0.25, 0.3) is 11.4 Å². The summed E-state index contributed by atoms with van der Waals surface area (Å²) < 4.78 is 1.85. The van der Waals surface area contributed by atoms with Gasteiger partial charge < -0.3 is 15.2 Å². The molecule has 0 unspecified atom stereocenters. The van der Waals surface area contributed by atoms with Crippen molar-refractivity contribution in [3.63, 3.8) is 0 Å². The monoisotopic (exact) mass is 395 g/mol. The molecule has 3 rings (SSSR count). The van der Waals surface area contributed by atoms with Gasteiger partial charge in [0, 0.05) is 30.9 Å². The van der Waals surface area contributed by atoms with Gasteiger partial charge in [-0.1, -0.05) is 30.0 Å². The number of aryl methyl sites for hydroxylation is 1. The van der Waals surface area contributed by atoms with Gasteiger partial charge >= 0.3 is 0 Å². The van der Waals surface area contributed by atoms with Crippen LogP contribution in [0, 0.1) is 6.92 Å². The van der Waals surface area contributed by atoms with E-state index in [2.05, 4.69) is 20.8 Å². The van der Waals surface area contributed by atoms with Crippen LogP contribution in [-0.4, -0.2) is 32.3 Å². The molecule has 0 aliphatic rings. The molecule has 0 aliphatic heterocycles. The second-order valence-electron chi connectivity index (χ2n) is 6.28. The molecule has 3 aromatic rings. The van der Waals surface area contributed by atoms with Gasteiger partial charge in [-0.15, -0.1) is 10.2 Å². The van der Waals surface area contributed by atoms with E-state index in [0.29, 0.717) is 11.0 Å². The molecular formula is C20H21N5O2S. The first-order valence-electron chi connectivity index (χ1n) is 8.69. The summed E-state index contributed by atoms with van der Waals surface area (Å²) in [5.41, 5.74) is 3.43. The fourth-order valence-electron chi connectivity index (χ4n) is 2.63. The van der Waals surface area contributed by atoms with Crippen molar-refractivity contribution in [2.24, 2.45) is 7.05 Å². The van der Waals surface area contributed by atoms with Gasteiger partial charge in [-0.05, 0) is 42.8 Å². The van der Waals surface area contributed by atoms with Gasteiger partial charge in [0.15, 0.2) is 11.0 Å². The van der Waals surface area contributed by atoms with Crippen LogP contribution in [0.15, 0.2) is 53.7 Å². The van der Waals surface area contributed by atoms with Crippen LogP contribution >= 0.6 is 11.8 Å². The van der Waals surface area contributed by atoms with E-state index in [1.54, 1.807) is 0 Å². The first kappa shape index (κ1) is 19.6. The molecule has 7 nitrogen and oxygen atoms in total. The largest absolute Gasteiger partial charge is 0.326 e. The lowest BCUT2D eigenvalue weighted by atomic mass is 10.2. The van der Waals surface area contributed by atoms with E-state index >= 15 is 0 Å². The number of nitrogens with one attached hydrogen (secondary N) is 2. The molecule has 0 spiro atoms. The highest BCUT2D eigenvalue weighted by molar-refractivity contribution is 7.99. The number of hydrogen-bond donors (Lipinski definition) is 2. The van der Waals surface area contributed by atoms with Gasteiger partial charge in [-0.2, -0.15) is 0 Å². The minimum absolute atomic E-state index is 0.0940. The van der Waals surface area contributed by atoms with Crippen molar-refractivity contribution in [2.45, 2.75) is 19.0 Å². The number of hydrogen-bond acceptors (Lipinski definition) is 5. The Labute approximate surface area is 167 Å². The molecule has 0 saturated carbocycles. The lowest BCUT2D eigenvalue weighted by molar-refractivity contribution is -0.114. The van der Waals surface area contributed by atoms with Gasteiger partial charge in [0.05, 0.1) is 5.75 Å². The number of carbonyl (C=O) groups excluding carboxylic acids is 2. The van der Waals surface area contributed by atoms with Crippen LogP contribution in [0.3, 0.4) is 0 Å². The molecule has 0 aliphatic carbocycles. The summed E-state index contributed by atoms with van der Waals surface area (Å²) in [6.45, 7) is 3.42. The zero-order chi connectivity index (χ0) is 20.1. The molecule has 2 N–H and O–H groups in total. The molecule has 144 valence electrons. The number of rotatable bonds is 6. The first-order valence-corrected chi connectivity index (χ1v) is 9.68. The van der Waals surface area contributed by atoms with Gasteiger partial charge in [0.2, 0.25) is 11.8 Å². The minimum atomic E-state index is -0.117. The Kier molecular flexibility index (Phi) is 6.10. The Hall–Kier alpha value is -3.13. The minimum Gasteiger partial charge on any atom is -0.326 e. The molecule has 2 aromatic carbocycles. The van der Waals surface area contributed by atoms with Crippen molar-refractivity contribution in [1.29, 1.82) is 0 Å². The lowest BCUT2D eigenvalue weighted by Crippen LogP contribution is -2.15.